The molecule has 0 aromatic rings. The summed E-state index contributed by atoms with van der Waals surface area (Å²) in [4.78, 5) is 13.4. The predicted octanol–water partition coefficient (Wildman–Crippen LogP) is 1.12. The Kier molecular flexibility index (Phi) is 4.99. The molecular weight excluding hydrogens is 166 g/mol. The maximum Gasteiger partial charge on any atom is 0.228 e. The van der Waals surface area contributed by atoms with Gasteiger partial charge in [0.2, 0.25) is 5.91 Å². The van der Waals surface area contributed by atoms with Gasteiger partial charge in [0.25, 0.3) is 0 Å². The van der Waals surface area contributed by atoms with Crippen LogP contribution in [0.3, 0.4) is 0 Å². The topological polar surface area (TPSA) is 40.5 Å². The average Bonchev–Trinajstić information content (AvgIpc) is 2.03. The molecule has 0 radical (unpaired) electrons. The van der Waals surface area contributed by atoms with Crippen molar-refractivity contribution in [3.8, 4) is 0 Å². The van der Waals surface area contributed by atoms with E-state index >= 15 is 0 Å². The molecule has 0 rings (SSSR count). The van der Waals surface area contributed by atoms with E-state index in [1.165, 1.54) is 0 Å². The molecule has 0 heterocycles. The summed E-state index contributed by atoms with van der Waals surface area (Å²) in [5.74, 6) is -0.0291. The Balaban J connectivity index is 4.37. The van der Waals surface area contributed by atoms with E-state index in [1.54, 1.807) is 11.9 Å². The first-order chi connectivity index (χ1) is 5.91. The quantitative estimate of drug-likeness (QED) is 0.716. The zero-order chi connectivity index (χ0) is 10.6. The van der Waals surface area contributed by atoms with Gasteiger partial charge in [0, 0.05) is 13.1 Å². The maximum atomic E-state index is 11.7. The van der Waals surface area contributed by atoms with E-state index in [4.69, 9.17) is 5.11 Å². The fraction of sp³-hybridized carbons (Fsp3) is 0.900. The zero-order valence-electron chi connectivity index (χ0n) is 9.24. The summed E-state index contributed by atoms with van der Waals surface area (Å²) >= 11 is 0. The smallest absolute Gasteiger partial charge is 0.228 e. The SMILES string of the molecule is CC(C)C(CO)C(=O)N(C)C(C)C. The molecule has 0 aliphatic carbocycles. The molecule has 0 aliphatic heterocycles. The van der Waals surface area contributed by atoms with Crippen LogP contribution in [-0.4, -0.2) is 35.6 Å². The van der Waals surface area contributed by atoms with Crippen molar-refractivity contribution in [1.29, 1.82) is 0 Å². The Bertz CT molecular complexity index is 166. The third-order valence-corrected chi connectivity index (χ3v) is 2.44. The molecule has 13 heavy (non-hydrogen) atoms. The highest BCUT2D eigenvalue weighted by Gasteiger charge is 2.25. The first-order valence-electron chi connectivity index (χ1n) is 4.79. The molecular formula is C10H21NO2. The summed E-state index contributed by atoms with van der Waals surface area (Å²) in [6.07, 6.45) is 0. The van der Waals surface area contributed by atoms with E-state index in [9.17, 15) is 4.79 Å². The lowest BCUT2D eigenvalue weighted by Crippen LogP contribution is -2.40. The van der Waals surface area contributed by atoms with Crippen LogP contribution in [0.4, 0.5) is 0 Å². The van der Waals surface area contributed by atoms with Gasteiger partial charge in [-0.3, -0.25) is 4.79 Å². The van der Waals surface area contributed by atoms with Crippen LogP contribution in [0.25, 0.3) is 0 Å². The summed E-state index contributed by atoms with van der Waals surface area (Å²) in [5.41, 5.74) is 0. The first-order valence-corrected chi connectivity index (χ1v) is 4.79. The van der Waals surface area contributed by atoms with Gasteiger partial charge in [0.1, 0.15) is 0 Å². The van der Waals surface area contributed by atoms with E-state index in [0.29, 0.717) is 0 Å². The molecule has 78 valence electrons. The molecule has 1 atom stereocenters. The molecule has 3 heteroatoms. The summed E-state index contributed by atoms with van der Waals surface area (Å²) < 4.78 is 0. The van der Waals surface area contributed by atoms with Crippen molar-refractivity contribution in [3.63, 3.8) is 0 Å². The lowest BCUT2D eigenvalue weighted by Gasteiger charge is -2.27. The number of carbonyl (C=O) groups excluding carboxylic acids is 1. The monoisotopic (exact) mass is 187 g/mol. The van der Waals surface area contributed by atoms with Crippen molar-refractivity contribution in [2.75, 3.05) is 13.7 Å². The molecule has 3 nitrogen and oxygen atoms in total. The highest BCUT2D eigenvalue weighted by molar-refractivity contribution is 5.79. The van der Waals surface area contributed by atoms with Crippen LogP contribution in [0.1, 0.15) is 27.7 Å². The Morgan fingerprint density at radius 1 is 1.31 bits per heavy atom. The normalized spacial score (nSPS) is 13.5. The molecule has 0 saturated carbocycles. The van der Waals surface area contributed by atoms with Crippen LogP contribution in [-0.2, 0) is 4.79 Å². The molecule has 0 aromatic carbocycles. The van der Waals surface area contributed by atoms with Crippen LogP contribution in [0.5, 0.6) is 0 Å². The summed E-state index contributed by atoms with van der Waals surface area (Å²) in [7, 11) is 1.78. The van der Waals surface area contributed by atoms with E-state index in [1.807, 2.05) is 27.7 Å². The lowest BCUT2D eigenvalue weighted by molar-refractivity contribution is -0.138. The number of amides is 1. The van der Waals surface area contributed by atoms with Crippen LogP contribution < -0.4 is 0 Å². The lowest BCUT2D eigenvalue weighted by atomic mass is 9.95. The standard InChI is InChI=1S/C10H21NO2/c1-7(2)9(6-12)10(13)11(5)8(3)4/h7-9,12H,6H2,1-5H3. The van der Waals surface area contributed by atoms with Gasteiger partial charge in [-0.2, -0.15) is 0 Å². The number of aliphatic hydroxyl groups is 1. The van der Waals surface area contributed by atoms with Crippen molar-refractivity contribution < 1.29 is 9.90 Å². The predicted molar refractivity (Wildman–Crippen MR) is 53.3 cm³/mol. The fourth-order valence-electron chi connectivity index (χ4n) is 1.09. The van der Waals surface area contributed by atoms with Gasteiger partial charge in [0.15, 0.2) is 0 Å². The van der Waals surface area contributed by atoms with Gasteiger partial charge in [-0.1, -0.05) is 13.8 Å². The number of nitrogens with zero attached hydrogens (tertiary/aromatic N) is 1. The Morgan fingerprint density at radius 2 is 1.77 bits per heavy atom. The Morgan fingerprint density at radius 3 is 2.00 bits per heavy atom. The third-order valence-electron chi connectivity index (χ3n) is 2.44. The Labute approximate surface area is 80.7 Å². The minimum atomic E-state index is -0.257. The van der Waals surface area contributed by atoms with Crippen LogP contribution in [0.15, 0.2) is 0 Å². The largest absolute Gasteiger partial charge is 0.396 e. The van der Waals surface area contributed by atoms with E-state index < -0.39 is 0 Å². The van der Waals surface area contributed by atoms with Gasteiger partial charge in [0.05, 0.1) is 12.5 Å². The second-order valence-corrected chi connectivity index (χ2v) is 4.08. The van der Waals surface area contributed by atoms with Gasteiger partial charge < -0.3 is 10.0 Å². The second kappa shape index (κ2) is 5.22. The number of hydrogen-bond acceptors (Lipinski definition) is 2. The maximum absolute atomic E-state index is 11.7. The zero-order valence-corrected chi connectivity index (χ0v) is 9.24. The van der Waals surface area contributed by atoms with E-state index in [0.717, 1.165) is 0 Å². The van der Waals surface area contributed by atoms with Crippen molar-refractivity contribution in [2.45, 2.75) is 33.7 Å². The molecule has 0 aromatic heterocycles. The molecule has 0 fully saturated rings. The van der Waals surface area contributed by atoms with Crippen LogP contribution in [0, 0.1) is 11.8 Å². The van der Waals surface area contributed by atoms with Crippen molar-refractivity contribution >= 4 is 5.91 Å². The first kappa shape index (κ1) is 12.4. The van der Waals surface area contributed by atoms with Crippen molar-refractivity contribution in [1.82, 2.24) is 4.90 Å². The van der Waals surface area contributed by atoms with E-state index in [2.05, 4.69) is 0 Å². The molecule has 0 spiro atoms. The number of hydrogen-bond donors (Lipinski definition) is 1. The minimum Gasteiger partial charge on any atom is -0.396 e. The van der Waals surface area contributed by atoms with Crippen LogP contribution >= 0.6 is 0 Å². The molecule has 0 bridgehead atoms. The van der Waals surface area contributed by atoms with Gasteiger partial charge in [-0.15, -0.1) is 0 Å². The molecule has 1 amide bonds. The van der Waals surface area contributed by atoms with Crippen molar-refractivity contribution in [3.05, 3.63) is 0 Å². The minimum absolute atomic E-state index is 0.0347. The summed E-state index contributed by atoms with van der Waals surface area (Å²) in [6, 6.07) is 0.195. The number of rotatable bonds is 4. The molecule has 1 unspecified atom stereocenters. The van der Waals surface area contributed by atoms with Crippen LogP contribution in [0.2, 0.25) is 0 Å². The third kappa shape index (κ3) is 3.35. The number of aliphatic hydroxyl groups excluding tert-OH is 1. The highest BCUT2D eigenvalue weighted by atomic mass is 16.3. The fourth-order valence-corrected chi connectivity index (χ4v) is 1.09. The molecule has 0 aliphatic rings. The van der Waals surface area contributed by atoms with Gasteiger partial charge >= 0.3 is 0 Å². The summed E-state index contributed by atoms with van der Waals surface area (Å²) in [5, 5.41) is 9.05. The van der Waals surface area contributed by atoms with Gasteiger partial charge in [-0.05, 0) is 19.8 Å². The summed E-state index contributed by atoms with van der Waals surface area (Å²) in [6.45, 7) is 7.77. The average molecular weight is 187 g/mol. The Hall–Kier alpha value is -0.570. The molecule has 0 saturated heterocycles. The number of carbonyl (C=O) groups is 1. The van der Waals surface area contributed by atoms with Gasteiger partial charge in [-0.25, -0.2) is 0 Å². The van der Waals surface area contributed by atoms with E-state index in [-0.39, 0.29) is 30.4 Å². The van der Waals surface area contributed by atoms with Crippen molar-refractivity contribution in [2.24, 2.45) is 11.8 Å². The highest BCUT2D eigenvalue weighted by Crippen LogP contribution is 2.14. The molecule has 1 N–H and O–H groups in total. The second-order valence-electron chi connectivity index (χ2n) is 4.08.